The van der Waals surface area contributed by atoms with Gasteiger partial charge in [0, 0.05) is 6.04 Å². The molecule has 0 heterocycles. The molecule has 1 aromatic carbocycles. The molecule has 1 aromatic rings. The number of carbonyl (C=O) groups excluding carboxylic acids is 1. The molecule has 0 bridgehead atoms. The molecule has 0 saturated heterocycles. The molecular weight excluding hydrogens is 266 g/mol. The van der Waals surface area contributed by atoms with Gasteiger partial charge in [0.05, 0.1) is 11.7 Å². The van der Waals surface area contributed by atoms with Gasteiger partial charge in [-0.2, -0.15) is 0 Å². The van der Waals surface area contributed by atoms with Crippen molar-refractivity contribution in [1.29, 1.82) is 0 Å². The summed E-state index contributed by atoms with van der Waals surface area (Å²) in [6, 6.07) is 7.47. The maximum absolute atomic E-state index is 11.9. The Kier molecular flexibility index (Phi) is 4.88. The van der Waals surface area contributed by atoms with Crippen molar-refractivity contribution < 1.29 is 14.3 Å². The monoisotopic (exact) mass is 291 g/mol. The van der Waals surface area contributed by atoms with Gasteiger partial charge < -0.3 is 15.2 Å². The average molecular weight is 291 g/mol. The highest BCUT2D eigenvalue weighted by atomic mass is 16.6. The molecule has 1 fully saturated rings. The second-order valence-electron chi connectivity index (χ2n) is 6.68. The van der Waals surface area contributed by atoms with E-state index in [0.717, 1.165) is 31.4 Å². The van der Waals surface area contributed by atoms with Crippen LogP contribution in [-0.4, -0.2) is 23.7 Å². The third-order valence-electron chi connectivity index (χ3n) is 3.51. The van der Waals surface area contributed by atoms with Gasteiger partial charge in [-0.3, -0.25) is 0 Å². The Labute approximate surface area is 126 Å². The Morgan fingerprint density at radius 1 is 1.10 bits per heavy atom. The average Bonchev–Trinajstić information content (AvgIpc) is 2.40. The molecule has 4 heteroatoms. The summed E-state index contributed by atoms with van der Waals surface area (Å²) < 4.78 is 11.3. The van der Waals surface area contributed by atoms with Crippen molar-refractivity contribution in [3.8, 4) is 5.75 Å². The summed E-state index contributed by atoms with van der Waals surface area (Å²) in [6.45, 7) is 5.57. The van der Waals surface area contributed by atoms with Crippen LogP contribution >= 0.6 is 0 Å². The molecule has 0 spiro atoms. The fourth-order valence-electron chi connectivity index (χ4n) is 2.41. The zero-order valence-corrected chi connectivity index (χ0v) is 13.1. The van der Waals surface area contributed by atoms with E-state index in [1.54, 1.807) is 12.1 Å². The number of rotatable bonds is 3. The minimum atomic E-state index is -0.479. The number of nitrogens with two attached hydrogens (primary N) is 1. The van der Waals surface area contributed by atoms with E-state index >= 15 is 0 Å². The molecule has 1 saturated carbocycles. The van der Waals surface area contributed by atoms with Gasteiger partial charge in [-0.05, 0) is 70.7 Å². The van der Waals surface area contributed by atoms with E-state index in [2.05, 4.69) is 0 Å². The molecule has 0 unspecified atom stereocenters. The van der Waals surface area contributed by atoms with Gasteiger partial charge in [0.15, 0.2) is 0 Å². The fourth-order valence-corrected chi connectivity index (χ4v) is 2.41. The highest BCUT2D eigenvalue weighted by molar-refractivity contribution is 5.89. The lowest BCUT2D eigenvalue weighted by Gasteiger charge is -2.26. The molecule has 0 radical (unpaired) electrons. The third-order valence-corrected chi connectivity index (χ3v) is 3.51. The van der Waals surface area contributed by atoms with Crippen molar-refractivity contribution in [3.63, 3.8) is 0 Å². The predicted molar refractivity (Wildman–Crippen MR) is 82.5 cm³/mol. The second kappa shape index (κ2) is 6.48. The minimum absolute atomic E-state index is 0.233. The molecule has 0 aromatic heterocycles. The second-order valence-corrected chi connectivity index (χ2v) is 6.68. The zero-order valence-electron chi connectivity index (χ0n) is 13.1. The third kappa shape index (κ3) is 5.05. The van der Waals surface area contributed by atoms with E-state index in [9.17, 15) is 4.79 Å². The first-order valence-corrected chi connectivity index (χ1v) is 7.59. The first-order chi connectivity index (χ1) is 9.83. The lowest BCUT2D eigenvalue weighted by Crippen LogP contribution is -2.31. The van der Waals surface area contributed by atoms with Gasteiger partial charge in [0.25, 0.3) is 0 Å². The fraction of sp³-hybridized carbons (Fsp3) is 0.588. The molecule has 116 valence electrons. The molecule has 1 aliphatic carbocycles. The van der Waals surface area contributed by atoms with Gasteiger partial charge in [-0.25, -0.2) is 4.79 Å². The van der Waals surface area contributed by atoms with Crippen LogP contribution < -0.4 is 10.5 Å². The van der Waals surface area contributed by atoms with Crippen LogP contribution in [0.1, 0.15) is 56.8 Å². The lowest BCUT2D eigenvalue weighted by molar-refractivity contribution is 0.00695. The van der Waals surface area contributed by atoms with Crippen LogP contribution in [0.5, 0.6) is 5.75 Å². The normalized spacial score (nSPS) is 22.7. The first kappa shape index (κ1) is 15.8. The summed E-state index contributed by atoms with van der Waals surface area (Å²) >= 11 is 0. The number of esters is 1. The van der Waals surface area contributed by atoms with Crippen LogP contribution in [0, 0.1) is 0 Å². The largest absolute Gasteiger partial charge is 0.490 e. The van der Waals surface area contributed by atoms with Crippen LogP contribution in [0.25, 0.3) is 0 Å². The molecule has 21 heavy (non-hydrogen) atoms. The lowest BCUT2D eigenvalue weighted by atomic mass is 9.94. The van der Waals surface area contributed by atoms with Crippen molar-refractivity contribution in [2.45, 2.75) is 64.2 Å². The molecular formula is C17H25NO3. The van der Waals surface area contributed by atoms with E-state index in [0.29, 0.717) is 11.6 Å². The van der Waals surface area contributed by atoms with E-state index < -0.39 is 5.60 Å². The molecule has 0 atom stereocenters. The minimum Gasteiger partial charge on any atom is -0.490 e. The zero-order chi connectivity index (χ0) is 15.5. The van der Waals surface area contributed by atoms with Crippen LogP contribution in [0.15, 0.2) is 24.3 Å². The summed E-state index contributed by atoms with van der Waals surface area (Å²) in [6.07, 6.45) is 4.25. The topological polar surface area (TPSA) is 61.5 Å². The molecule has 2 rings (SSSR count). The maximum atomic E-state index is 11.9. The van der Waals surface area contributed by atoms with Crippen molar-refractivity contribution in [2.75, 3.05) is 0 Å². The Morgan fingerprint density at radius 2 is 1.67 bits per heavy atom. The van der Waals surface area contributed by atoms with Gasteiger partial charge in [-0.15, -0.1) is 0 Å². The van der Waals surface area contributed by atoms with Crippen molar-refractivity contribution in [2.24, 2.45) is 5.73 Å². The van der Waals surface area contributed by atoms with Crippen LogP contribution in [-0.2, 0) is 4.74 Å². The molecule has 1 aliphatic rings. The standard InChI is InChI=1S/C17H25NO3/c1-17(2,3)21-16(19)12-4-8-14(9-5-12)20-15-10-6-13(18)7-11-15/h4-5,8-9,13,15H,6-7,10-11,18H2,1-3H3. The number of benzene rings is 1. The summed E-state index contributed by atoms with van der Waals surface area (Å²) in [7, 11) is 0. The summed E-state index contributed by atoms with van der Waals surface area (Å²) in [4.78, 5) is 11.9. The maximum Gasteiger partial charge on any atom is 0.338 e. The summed E-state index contributed by atoms with van der Waals surface area (Å²) in [5, 5.41) is 0. The SMILES string of the molecule is CC(C)(C)OC(=O)c1ccc(OC2CCC(N)CC2)cc1. The van der Waals surface area contributed by atoms with Crippen molar-refractivity contribution >= 4 is 5.97 Å². The van der Waals surface area contributed by atoms with Gasteiger partial charge in [0.2, 0.25) is 0 Å². The quantitative estimate of drug-likeness (QED) is 0.868. The van der Waals surface area contributed by atoms with Gasteiger partial charge in [0.1, 0.15) is 11.4 Å². The molecule has 4 nitrogen and oxygen atoms in total. The van der Waals surface area contributed by atoms with Gasteiger partial charge >= 0.3 is 5.97 Å². The summed E-state index contributed by atoms with van der Waals surface area (Å²) in [5.74, 6) is 0.487. The number of carbonyl (C=O) groups is 1. The van der Waals surface area contributed by atoms with Crippen LogP contribution in [0.2, 0.25) is 0 Å². The van der Waals surface area contributed by atoms with Crippen LogP contribution in [0.3, 0.4) is 0 Å². The Morgan fingerprint density at radius 3 is 2.19 bits per heavy atom. The molecule has 2 N–H and O–H groups in total. The first-order valence-electron chi connectivity index (χ1n) is 7.59. The van der Waals surface area contributed by atoms with Crippen LogP contribution in [0.4, 0.5) is 0 Å². The van der Waals surface area contributed by atoms with Crippen molar-refractivity contribution in [3.05, 3.63) is 29.8 Å². The highest BCUT2D eigenvalue weighted by Crippen LogP contribution is 2.23. The molecule has 0 aliphatic heterocycles. The molecule has 0 amide bonds. The Balaban J connectivity index is 1.91. The van der Waals surface area contributed by atoms with E-state index in [4.69, 9.17) is 15.2 Å². The van der Waals surface area contributed by atoms with E-state index in [1.807, 2.05) is 32.9 Å². The predicted octanol–water partition coefficient (Wildman–Crippen LogP) is 3.29. The number of hydrogen-bond donors (Lipinski definition) is 1. The van der Waals surface area contributed by atoms with E-state index in [-0.39, 0.29) is 12.1 Å². The van der Waals surface area contributed by atoms with Crippen molar-refractivity contribution in [1.82, 2.24) is 0 Å². The van der Waals surface area contributed by atoms with Gasteiger partial charge in [-0.1, -0.05) is 0 Å². The summed E-state index contributed by atoms with van der Waals surface area (Å²) in [5.41, 5.74) is 5.95. The number of hydrogen-bond acceptors (Lipinski definition) is 4. The Bertz CT molecular complexity index is 468. The Hall–Kier alpha value is -1.55. The number of ether oxygens (including phenoxy) is 2. The smallest absolute Gasteiger partial charge is 0.338 e. The highest BCUT2D eigenvalue weighted by Gasteiger charge is 2.20. The van der Waals surface area contributed by atoms with E-state index in [1.165, 1.54) is 0 Å².